The average molecular weight is 270 g/mol. The van der Waals surface area contributed by atoms with Gasteiger partial charge in [-0.2, -0.15) is 0 Å². The molecule has 2 aromatic rings. The molecule has 0 aliphatic carbocycles. The standard InChI is InChI=1S/C16H18N2O2/c1-11(19)18-16-10-20-9-13(16)8-12-6-7-17-15-5-3-2-4-14(12)15/h2-7,13,16H,8-10H2,1H3,(H,18,19)/t13-,16+/m1/s1. The summed E-state index contributed by atoms with van der Waals surface area (Å²) in [5, 5.41) is 4.16. The summed E-state index contributed by atoms with van der Waals surface area (Å²) in [5.41, 5.74) is 2.28. The van der Waals surface area contributed by atoms with Crippen LogP contribution in [0.2, 0.25) is 0 Å². The van der Waals surface area contributed by atoms with Crippen molar-refractivity contribution in [2.24, 2.45) is 5.92 Å². The van der Waals surface area contributed by atoms with Crippen LogP contribution in [-0.2, 0) is 16.0 Å². The molecule has 0 saturated carbocycles. The molecule has 1 amide bonds. The lowest BCUT2D eigenvalue weighted by Gasteiger charge is -2.19. The first-order valence-corrected chi connectivity index (χ1v) is 6.91. The summed E-state index contributed by atoms with van der Waals surface area (Å²) < 4.78 is 5.52. The van der Waals surface area contributed by atoms with Crippen LogP contribution >= 0.6 is 0 Å². The molecule has 1 aromatic carbocycles. The number of ether oxygens (including phenoxy) is 1. The zero-order chi connectivity index (χ0) is 13.9. The van der Waals surface area contributed by atoms with Gasteiger partial charge in [-0.3, -0.25) is 9.78 Å². The maximum Gasteiger partial charge on any atom is 0.217 e. The van der Waals surface area contributed by atoms with Crippen LogP contribution in [0.15, 0.2) is 36.5 Å². The highest BCUT2D eigenvalue weighted by molar-refractivity contribution is 5.81. The van der Waals surface area contributed by atoms with E-state index < -0.39 is 0 Å². The van der Waals surface area contributed by atoms with Crippen LogP contribution in [0.4, 0.5) is 0 Å². The molecule has 2 heterocycles. The van der Waals surface area contributed by atoms with Crippen molar-refractivity contribution in [1.29, 1.82) is 0 Å². The Bertz CT molecular complexity index is 621. The fourth-order valence-corrected chi connectivity index (χ4v) is 2.84. The number of amides is 1. The second-order valence-corrected chi connectivity index (χ2v) is 5.30. The van der Waals surface area contributed by atoms with Gasteiger partial charge in [-0.25, -0.2) is 0 Å². The third kappa shape index (κ3) is 2.65. The Hall–Kier alpha value is -1.94. The van der Waals surface area contributed by atoms with Gasteiger partial charge in [-0.05, 0) is 24.1 Å². The van der Waals surface area contributed by atoms with Crippen LogP contribution in [-0.4, -0.2) is 30.1 Å². The molecule has 0 radical (unpaired) electrons. The Morgan fingerprint density at radius 2 is 2.20 bits per heavy atom. The normalized spacial score (nSPS) is 22.1. The Kier molecular flexibility index (Phi) is 3.65. The van der Waals surface area contributed by atoms with Gasteiger partial charge >= 0.3 is 0 Å². The highest BCUT2D eigenvalue weighted by Crippen LogP contribution is 2.24. The second-order valence-electron chi connectivity index (χ2n) is 5.30. The first-order chi connectivity index (χ1) is 9.74. The van der Waals surface area contributed by atoms with Crippen LogP contribution in [0.1, 0.15) is 12.5 Å². The zero-order valence-corrected chi connectivity index (χ0v) is 11.5. The number of pyridine rings is 1. The number of para-hydroxylation sites is 1. The van der Waals surface area contributed by atoms with Crippen molar-refractivity contribution in [3.63, 3.8) is 0 Å². The van der Waals surface area contributed by atoms with Crippen LogP contribution in [0.25, 0.3) is 10.9 Å². The van der Waals surface area contributed by atoms with Gasteiger partial charge in [0.05, 0.1) is 24.8 Å². The van der Waals surface area contributed by atoms with E-state index in [4.69, 9.17) is 4.74 Å². The number of rotatable bonds is 3. The first-order valence-electron chi connectivity index (χ1n) is 6.91. The lowest BCUT2D eigenvalue weighted by molar-refractivity contribution is -0.119. The average Bonchev–Trinajstić information content (AvgIpc) is 2.86. The van der Waals surface area contributed by atoms with Crippen molar-refractivity contribution in [2.45, 2.75) is 19.4 Å². The van der Waals surface area contributed by atoms with Gasteiger partial charge in [-0.15, -0.1) is 0 Å². The maximum absolute atomic E-state index is 11.2. The largest absolute Gasteiger partial charge is 0.379 e. The number of hydrogen-bond donors (Lipinski definition) is 1. The minimum atomic E-state index is 0.00471. The quantitative estimate of drug-likeness (QED) is 0.927. The number of benzene rings is 1. The molecule has 1 fully saturated rings. The number of carbonyl (C=O) groups excluding carboxylic acids is 1. The van der Waals surface area contributed by atoms with Crippen molar-refractivity contribution in [2.75, 3.05) is 13.2 Å². The summed E-state index contributed by atoms with van der Waals surface area (Å²) in [6.45, 7) is 2.85. The lowest BCUT2D eigenvalue weighted by atomic mass is 9.93. The van der Waals surface area contributed by atoms with Crippen molar-refractivity contribution < 1.29 is 9.53 Å². The van der Waals surface area contributed by atoms with Crippen molar-refractivity contribution in [3.05, 3.63) is 42.1 Å². The van der Waals surface area contributed by atoms with E-state index >= 15 is 0 Å². The van der Waals surface area contributed by atoms with E-state index in [0.29, 0.717) is 19.1 Å². The van der Waals surface area contributed by atoms with E-state index in [1.807, 2.05) is 24.4 Å². The van der Waals surface area contributed by atoms with Gasteiger partial charge in [0.2, 0.25) is 5.91 Å². The highest BCUT2D eigenvalue weighted by Gasteiger charge is 2.29. The number of hydrogen-bond acceptors (Lipinski definition) is 3. The van der Waals surface area contributed by atoms with Crippen molar-refractivity contribution in [3.8, 4) is 0 Å². The molecule has 4 heteroatoms. The molecule has 1 aliphatic rings. The van der Waals surface area contributed by atoms with Crippen molar-refractivity contribution >= 4 is 16.8 Å². The fourth-order valence-electron chi connectivity index (χ4n) is 2.84. The number of aromatic nitrogens is 1. The number of nitrogens with zero attached hydrogens (tertiary/aromatic N) is 1. The third-order valence-corrected chi connectivity index (χ3v) is 3.81. The molecule has 1 aromatic heterocycles. The Labute approximate surface area is 118 Å². The molecular formula is C16H18N2O2. The molecule has 104 valence electrons. The highest BCUT2D eigenvalue weighted by atomic mass is 16.5. The van der Waals surface area contributed by atoms with Crippen LogP contribution in [0.5, 0.6) is 0 Å². The molecule has 1 N–H and O–H groups in total. The molecule has 1 aliphatic heterocycles. The van der Waals surface area contributed by atoms with Crippen LogP contribution < -0.4 is 5.32 Å². The Morgan fingerprint density at radius 3 is 3.05 bits per heavy atom. The molecule has 2 atom stereocenters. The molecule has 4 nitrogen and oxygen atoms in total. The summed E-state index contributed by atoms with van der Waals surface area (Å²) in [7, 11) is 0. The fraction of sp³-hybridized carbons (Fsp3) is 0.375. The van der Waals surface area contributed by atoms with Gasteiger partial charge in [0.15, 0.2) is 0 Å². The molecule has 0 unspecified atom stereocenters. The summed E-state index contributed by atoms with van der Waals surface area (Å²) in [5.74, 6) is 0.329. The lowest BCUT2D eigenvalue weighted by Crippen LogP contribution is -2.39. The minimum absolute atomic E-state index is 0.00471. The van der Waals surface area contributed by atoms with Gasteiger partial charge < -0.3 is 10.1 Å². The van der Waals surface area contributed by atoms with Gasteiger partial charge in [0.25, 0.3) is 0 Å². The summed E-state index contributed by atoms with van der Waals surface area (Å²) in [6, 6.07) is 10.3. The SMILES string of the molecule is CC(=O)N[C@H]1COC[C@H]1Cc1ccnc2ccccc12. The van der Waals surface area contributed by atoms with E-state index in [2.05, 4.69) is 22.4 Å². The van der Waals surface area contributed by atoms with Crippen LogP contribution in [0.3, 0.4) is 0 Å². The van der Waals surface area contributed by atoms with E-state index in [1.54, 1.807) is 6.92 Å². The van der Waals surface area contributed by atoms with E-state index in [0.717, 1.165) is 11.9 Å². The number of nitrogens with one attached hydrogen (secondary N) is 1. The van der Waals surface area contributed by atoms with Gasteiger partial charge in [0, 0.05) is 24.4 Å². The predicted molar refractivity (Wildman–Crippen MR) is 77.4 cm³/mol. The summed E-state index contributed by atoms with van der Waals surface area (Å²) in [6.07, 6.45) is 2.74. The summed E-state index contributed by atoms with van der Waals surface area (Å²) in [4.78, 5) is 15.6. The predicted octanol–water partition coefficient (Wildman–Crippen LogP) is 1.93. The maximum atomic E-state index is 11.2. The van der Waals surface area contributed by atoms with E-state index in [-0.39, 0.29) is 11.9 Å². The minimum Gasteiger partial charge on any atom is -0.379 e. The molecule has 20 heavy (non-hydrogen) atoms. The zero-order valence-electron chi connectivity index (χ0n) is 11.5. The third-order valence-electron chi connectivity index (χ3n) is 3.81. The molecular weight excluding hydrogens is 252 g/mol. The molecule has 3 rings (SSSR count). The van der Waals surface area contributed by atoms with Gasteiger partial charge in [0.1, 0.15) is 0 Å². The smallest absolute Gasteiger partial charge is 0.217 e. The monoisotopic (exact) mass is 270 g/mol. The Morgan fingerprint density at radius 1 is 1.35 bits per heavy atom. The van der Waals surface area contributed by atoms with Crippen molar-refractivity contribution in [1.82, 2.24) is 10.3 Å². The molecule has 0 bridgehead atoms. The van der Waals surface area contributed by atoms with Gasteiger partial charge in [-0.1, -0.05) is 18.2 Å². The summed E-state index contributed by atoms with van der Waals surface area (Å²) >= 11 is 0. The molecule has 1 saturated heterocycles. The number of carbonyl (C=O) groups is 1. The first kappa shape index (κ1) is 13.1. The van der Waals surface area contributed by atoms with E-state index in [9.17, 15) is 4.79 Å². The molecule has 0 spiro atoms. The Balaban J connectivity index is 1.84. The topological polar surface area (TPSA) is 51.2 Å². The van der Waals surface area contributed by atoms with E-state index in [1.165, 1.54) is 10.9 Å². The number of fused-ring (bicyclic) bond motifs is 1. The second kappa shape index (κ2) is 5.59. The van der Waals surface area contributed by atoms with Crippen LogP contribution in [0, 0.1) is 5.92 Å².